The summed E-state index contributed by atoms with van der Waals surface area (Å²) in [4.78, 5) is 4.25. The second-order valence-corrected chi connectivity index (χ2v) is 4.91. The number of rotatable bonds is 5. The number of aromatic nitrogens is 2. The van der Waals surface area contributed by atoms with Crippen molar-refractivity contribution < 1.29 is 8.91 Å². The number of hydrogen-bond acceptors (Lipinski definition) is 4. The third-order valence-corrected chi connectivity index (χ3v) is 2.83. The molecule has 0 aliphatic heterocycles. The van der Waals surface area contributed by atoms with E-state index in [1.54, 1.807) is 6.07 Å². The molecule has 19 heavy (non-hydrogen) atoms. The van der Waals surface area contributed by atoms with Crippen molar-refractivity contribution in [3.63, 3.8) is 0 Å². The highest BCUT2D eigenvalue weighted by molar-refractivity contribution is 6.31. The number of hydrogen-bond donors (Lipinski definition) is 1. The molecule has 2 rings (SSSR count). The van der Waals surface area contributed by atoms with Gasteiger partial charge in [0.2, 0.25) is 11.7 Å². The fraction of sp³-hybridized carbons (Fsp3) is 0.385. The first-order chi connectivity index (χ1) is 9.06. The van der Waals surface area contributed by atoms with Gasteiger partial charge in [0.25, 0.3) is 0 Å². The molecule has 0 bridgehead atoms. The van der Waals surface area contributed by atoms with Gasteiger partial charge in [-0.25, -0.2) is 4.39 Å². The van der Waals surface area contributed by atoms with Crippen LogP contribution in [0.3, 0.4) is 0 Å². The molecule has 1 aromatic heterocycles. The first kappa shape index (κ1) is 14.0. The topological polar surface area (TPSA) is 51.0 Å². The molecule has 1 heterocycles. The van der Waals surface area contributed by atoms with Crippen LogP contribution in [-0.2, 0) is 6.42 Å². The van der Waals surface area contributed by atoms with Crippen molar-refractivity contribution in [3.05, 3.63) is 34.9 Å². The van der Waals surface area contributed by atoms with Crippen LogP contribution in [0, 0.1) is 5.82 Å². The molecule has 1 aromatic carbocycles. The number of nitrogens with zero attached hydrogens (tertiary/aromatic N) is 2. The molecular formula is C13H15ClFN3O. The lowest BCUT2D eigenvalue weighted by Crippen LogP contribution is -2.25. The first-order valence-corrected chi connectivity index (χ1v) is 6.45. The molecule has 0 atom stereocenters. The number of halogens is 2. The van der Waals surface area contributed by atoms with Gasteiger partial charge >= 0.3 is 0 Å². The molecule has 0 unspecified atom stereocenters. The molecule has 0 saturated heterocycles. The summed E-state index contributed by atoms with van der Waals surface area (Å²) in [7, 11) is 0. The predicted octanol–water partition coefficient (Wildman–Crippen LogP) is 3.07. The lowest BCUT2D eigenvalue weighted by atomic mass is 10.2. The zero-order valence-electron chi connectivity index (χ0n) is 10.8. The normalized spacial score (nSPS) is 11.2. The second kappa shape index (κ2) is 6.12. The maximum atomic E-state index is 13.1. The van der Waals surface area contributed by atoms with E-state index < -0.39 is 5.82 Å². The van der Waals surface area contributed by atoms with Crippen LogP contribution < -0.4 is 5.32 Å². The Morgan fingerprint density at radius 3 is 2.89 bits per heavy atom. The molecule has 0 aliphatic rings. The minimum Gasteiger partial charge on any atom is -0.339 e. The molecule has 2 aromatic rings. The van der Waals surface area contributed by atoms with Crippen molar-refractivity contribution >= 4 is 11.6 Å². The lowest BCUT2D eigenvalue weighted by Gasteiger charge is -2.04. The molecule has 0 aliphatic carbocycles. The summed E-state index contributed by atoms with van der Waals surface area (Å²) >= 11 is 5.72. The van der Waals surface area contributed by atoms with Gasteiger partial charge in [-0.1, -0.05) is 30.6 Å². The first-order valence-electron chi connectivity index (χ1n) is 6.07. The summed E-state index contributed by atoms with van der Waals surface area (Å²) in [6.07, 6.45) is 0.653. The van der Waals surface area contributed by atoms with Crippen LogP contribution in [0.25, 0.3) is 11.4 Å². The third-order valence-electron chi connectivity index (χ3n) is 2.54. The van der Waals surface area contributed by atoms with Crippen molar-refractivity contribution in [2.24, 2.45) is 0 Å². The Kier molecular flexibility index (Phi) is 4.50. The molecule has 0 saturated carbocycles. The Hall–Kier alpha value is -1.46. The standard InChI is InChI=1S/C13H15ClFN3O/c1-8(2)16-6-5-12-17-13(18-19-12)9-3-4-11(15)10(14)7-9/h3-4,7-8,16H,5-6H2,1-2H3. The Labute approximate surface area is 116 Å². The minimum atomic E-state index is -0.463. The van der Waals surface area contributed by atoms with E-state index in [-0.39, 0.29) is 5.02 Å². The largest absolute Gasteiger partial charge is 0.339 e. The number of nitrogens with one attached hydrogen (secondary N) is 1. The van der Waals surface area contributed by atoms with Gasteiger partial charge < -0.3 is 9.84 Å². The summed E-state index contributed by atoms with van der Waals surface area (Å²) in [5, 5.41) is 7.17. The number of benzene rings is 1. The highest BCUT2D eigenvalue weighted by Gasteiger charge is 2.10. The lowest BCUT2D eigenvalue weighted by molar-refractivity contribution is 0.374. The van der Waals surface area contributed by atoms with Gasteiger partial charge in [-0.2, -0.15) is 4.98 Å². The molecule has 0 spiro atoms. The van der Waals surface area contributed by atoms with Crippen molar-refractivity contribution in [2.45, 2.75) is 26.3 Å². The van der Waals surface area contributed by atoms with Crippen LogP contribution in [0.4, 0.5) is 4.39 Å². The van der Waals surface area contributed by atoms with Crippen LogP contribution in [0.1, 0.15) is 19.7 Å². The molecule has 102 valence electrons. The molecule has 4 nitrogen and oxygen atoms in total. The molecule has 0 amide bonds. The summed E-state index contributed by atoms with van der Waals surface area (Å²) in [6, 6.07) is 4.76. The van der Waals surface area contributed by atoms with E-state index in [0.717, 1.165) is 6.54 Å². The second-order valence-electron chi connectivity index (χ2n) is 4.50. The third kappa shape index (κ3) is 3.75. The van der Waals surface area contributed by atoms with Crippen LogP contribution >= 0.6 is 11.6 Å². The SMILES string of the molecule is CC(C)NCCc1nc(-c2ccc(F)c(Cl)c2)no1. The van der Waals surface area contributed by atoms with Gasteiger partial charge in [0.05, 0.1) is 5.02 Å². The van der Waals surface area contributed by atoms with E-state index in [9.17, 15) is 4.39 Å². The molecule has 6 heteroatoms. The average Bonchev–Trinajstić information content (AvgIpc) is 2.81. The van der Waals surface area contributed by atoms with E-state index in [2.05, 4.69) is 29.3 Å². The van der Waals surface area contributed by atoms with Gasteiger partial charge in [-0.05, 0) is 18.2 Å². The quantitative estimate of drug-likeness (QED) is 0.916. The van der Waals surface area contributed by atoms with E-state index in [1.165, 1.54) is 12.1 Å². The summed E-state index contributed by atoms with van der Waals surface area (Å²) in [5.74, 6) is 0.500. The minimum absolute atomic E-state index is 0.0466. The van der Waals surface area contributed by atoms with Crippen molar-refractivity contribution in [1.29, 1.82) is 0 Å². The molecular weight excluding hydrogens is 269 g/mol. The Balaban J connectivity index is 2.05. The molecule has 0 fully saturated rings. The summed E-state index contributed by atoms with van der Waals surface area (Å²) in [5.41, 5.74) is 0.637. The van der Waals surface area contributed by atoms with E-state index in [0.29, 0.717) is 29.7 Å². The zero-order valence-corrected chi connectivity index (χ0v) is 11.5. The Morgan fingerprint density at radius 2 is 2.21 bits per heavy atom. The smallest absolute Gasteiger partial charge is 0.228 e. The summed E-state index contributed by atoms with van der Waals surface area (Å²) in [6.45, 7) is 4.91. The molecule has 1 N–H and O–H groups in total. The Morgan fingerprint density at radius 1 is 1.42 bits per heavy atom. The highest BCUT2D eigenvalue weighted by Crippen LogP contribution is 2.22. The van der Waals surface area contributed by atoms with Crippen LogP contribution in [-0.4, -0.2) is 22.7 Å². The van der Waals surface area contributed by atoms with Crippen molar-refractivity contribution in [3.8, 4) is 11.4 Å². The van der Waals surface area contributed by atoms with E-state index in [1.807, 2.05) is 0 Å². The van der Waals surface area contributed by atoms with Crippen LogP contribution in [0.15, 0.2) is 22.7 Å². The van der Waals surface area contributed by atoms with Crippen molar-refractivity contribution in [2.75, 3.05) is 6.54 Å². The van der Waals surface area contributed by atoms with E-state index in [4.69, 9.17) is 16.1 Å². The molecule has 0 radical (unpaired) electrons. The summed E-state index contributed by atoms with van der Waals surface area (Å²) < 4.78 is 18.2. The monoisotopic (exact) mass is 283 g/mol. The average molecular weight is 284 g/mol. The Bertz CT molecular complexity index is 557. The van der Waals surface area contributed by atoms with Gasteiger partial charge in [-0.15, -0.1) is 0 Å². The van der Waals surface area contributed by atoms with Gasteiger partial charge in [0.1, 0.15) is 5.82 Å². The fourth-order valence-corrected chi connectivity index (χ4v) is 1.76. The van der Waals surface area contributed by atoms with Gasteiger partial charge in [0, 0.05) is 24.6 Å². The highest BCUT2D eigenvalue weighted by atomic mass is 35.5. The van der Waals surface area contributed by atoms with Gasteiger partial charge in [0.15, 0.2) is 0 Å². The van der Waals surface area contributed by atoms with Crippen molar-refractivity contribution in [1.82, 2.24) is 15.5 Å². The zero-order chi connectivity index (χ0) is 13.8. The fourth-order valence-electron chi connectivity index (χ4n) is 1.58. The van der Waals surface area contributed by atoms with Crippen LogP contribution in [0.2, 0.25) is 5.02 Å². The maximum absolute atomic E-state index is 13.1. The predicted molar refractivity (Wildman–Crippen MR) is 71.5 cm³/mol. The van der Waals surface area contributed by atoms with Gasteiger partial charge in [-0.3, -0.25) is 0 Å². The van der Waals surface area contributed by atoms with Crippen LogP contribution in [0.5, 0.6) is 0 Å². The maximum Gasteiger partial charge on any atom is 0.228 e. The van der Waals surface area contributed by atoms with E-state index >= 15 is 0 Å².